The van der Waals surface area contributed by atoms with Crippen molar-refractivity contribution in [1.82, 2.24) is 20.4 Å². The highest BCUT2D eigenvalue weighted by Gasteiger charge is 2.23. The van der Waals surface area contributed by atoms with Gasteiger partial charge < -0.3 is 10.6 Å². The van der Waals surface area contributed by atoms with Crippen molar-refractivity contribution < 1.29 is 9.59 Å². The highest BCUT2D eigenvalue weighted by atomic mass is 16.2. The molecule has 0 aliphatic heterocycles. The summed E-state index contributed by atoms with van der Waals surface area (Å²) in [6.07, 6.45) is 1.95. The highest BCUT2D eigenvalue weighted by Crippen LogP contribution is 2.18. The van der Waals surface area contributed by atoms with Crippen LogP contribution in [0.4, 0.5) is 0 Å². The molecule has 0 bridgehead atoms. The van der Waals surface area contributed by atoms with Gasteiger partial charge in [-0.05, 0) is 31.9 Å². The zero-order valence-electron chi connectivity index (χ0n) is 13.3. The number of aromatic nitrogens is 2. The molecular formula is C17H18N4O3. The lowest BCUT2D eigenvalue weighted by atomic mass is 10.2. The molecule has 3 rings (SSSR count). The summed E-state index contributed by atoms with van der Waals surface area (Å²) in [6.45, 7) is 1.57. The van der Waals surface area contributed by atoms with Gasteiger partial charge in [0.05, 0.1) is 12.2 Å². The van der Waals surface area contributed by atoms with Crippen molar-refractivity contribution in [2.24, 2.45) is 0 Å². The molecule has 1 aliphatic carbocycles. The summed E-state index contributed by atoms with van der Waals surface area (Å²) in [5.74, 6) is -0.919. The fourth-order valence-corrected chi connectivity index (χ4v) is 2.29. The second kappa shape index (κ2) is 6.66. The second-order valence-corrected chi connectivity index (χ2v) is 5.77. The van der Waals surface area contributed by atoms with E-state index in [-0.39, 0.29) is 24.2 Å². The van der Waals surface area contributed by atoms with E-state index in [9.17, 15) is 14.4 Å². The summed E-state index contributed by atoms with van der Waals surface area (Å²) in [5.41, 5.74) is 0.660. The molecule has 1 aromatic carbocycles. The molecule has 1 fully saturated rings. The summed E-state index contributed by atoms with van der Waals surface area (Å²) in [6, 6.07) is 10.8. The quantitative estimate of drug-likeness (QED) is 0.839. The zero-order valence-corrected chi connectivity index (χ0v) is 13.3. The van der Waals surface area contributed by atoms with Crippen molar-refractivity contribution in [2.75, 3.05) is 6.54 Å². The molecule has 0 unspecified atom stereocenters. The first-order valence-corrected chi connectivity index (χ1v) is 7.78. The number of aryl methyl sites for hydroxylation is 1. The first-order valence-electron chi connectivity index (χ1n) is 7.78. The van der Waals surface area contributed by atoms with E-state index in [2.05, 4.69) is 15.7 Å². The van der Waals surface area contributed by atoms with E-state index in [1.807, 2.05) is 30.3 Å². The van der Waals surface area contributed by atoms with Gasteiger partial charge in [-0.25, -0.2) is 4.68 Å². The Morgan fingerprint density at radius 2 is 1.96 bits per heavy atom. The fourth-order valence-electron chi connectivity index (χ4n) is 2.29. The molecule has 24 heavy (non-hydrogen) atoms. The lowest BCUT2D eigenvalue weighted by Gasteiger charge is -2.11. The van der Waals surface area contributed by atoms with Crippen LogP contribution in [0.1, 0.15) is 29.0 Å². The van der Waals surface area contributed by atoms with E-state index >= 15 is 0 Å². The maximum Gasteiger partial charge on any atom is 0.276 e. The molecule has 0 atom stereocenters. The highest BCUT2D eigenvalue weighted by molar-refractivity contribution is 5.94. The number of carbonyl (C=O) groups excluding carboxylic acids is 2. The number of nitrogens with one attached hydrogen (secondary N) is 2. The van der Waals surface area contributed by atoms with E-state index in [0.717, 1.165) is 18.5 Å². The van der Waals surface area contributed by atoms with Gasteiger partial charge >= 0.3 is 0 Å². The van der Waals surface area contributed by atoms with Gasteiger partial charge in [0.2, 0.25) is 11.3 Å². The number of carbonyl (C=O) groups is 2. The Morgan fingerprint density at radius 3 is 2.62 bits per heavy atom. The van der Waals surface area contributed by atoms with Crippen LogP contribution in [0.3, 0.4) is 0 Å². The molecular weight excluding hydrogens is 308 g/mol. The van der Waals surface area contributed by atoms with Crippen LogP contribution in [0.25, 0.3) is 5.69 Å². The number of amides is 2. The fraction of sp³-hybridized carbons (Fsp3) is 0.294. The third-order valence-corrected chi connectivity index (χ3v) is 3.68. The second-order valence-electron chi connectivity index (χ2n) is 5.77. The molecule has 7 heteroatoms. The molecule has 124 valence electrons. The number of hydrogen-bond donors (Lipinski definition) is 2. The summed E-state index contributed by atoms with van der Waals surface area (Å²) in [4.78, 5) is 35.9. The third kappa shape index (κ3) is 3.68. The molecule has 0 saturated heterocycles. The molecule has 0 spiro atoms. The normalized spacial score (nSPS) is 13.4. The van der Waals surface area contributed by atoms with E-state index in [0.29, 0.717) is 5.69 Å². The van der Waals surface area contributed by atoms with Crippen LogP contribution >= 0.6 is 0 Å². The Bertz CT molecular complexity index is 825. The Labute approximate surface area is 138 Å². The van der Waals surface area contributed by atoms with E-state index in [1.165, 1.54) is 10.7 Å². The van der Waals surface area contributed by atoms with Crippen LogP contribution in [-0.2, 0) is 4.79 Å². The number of rotatable bonds is 5. The van der Waals surface area contributed by atoms with Gasteiger partial charge in [0.25, 0.3) is 5.91 Å². The average Bonchev–Trinajstić information content (AvgIpc) is 3.37. The largest absolute Gasteiger partial charge is 0.352 e. The molecule has 1 saturated carbocycles. The van der Waals surface area contributed by atoms with Crippen LogP contribution in [0.5, 0.6) is 0 Å². The van der Waals surface area contributed by atoms with Crippen molar-refractivity contribution in [3.05, 3.63) is 58.0 Å². The van der Waals surface area contributed by atoms with Gasteiger partial charge in [-0.1, -0.05) is 18.2 Å². The number of nitrogens with zero attached hydrogens (tertiary/aromatic N) is 2. The first-order chi connectivity index (χ1) is 11.5. The first kappa shape index (κ1) is 15.9. The topological polar surface area (TPSA) is 93.1 Å². The molecule has 1 aromatic heterocycles. The third-order valence-electron chi connectivity index (χ3n) is 3.68. The van der Waals surface area contributed by atoms with Gasteiger partial charge in [-0.2, -0.15) is 5.10 Å². The molecule has 2 aromatic rings. The van der Waals surface area contributed by atoms with Crippen molar-refractivity contribution in [3.8, 4) is 5.69 Å². The molecule has 2 amide bonds. The van der Waals surface area contributed by atoms with Crippen LogP contribution < -0.4 is 16.1 Å². The van der Waals surface area contributed by atoms with Crippen LogP contribution in [0.2, 0.25) is 0 Å². The molecule has 1 aliphatic rings. The lowest BCUT2D eigenvalue weighted by Crippen LogP contribution is -2.40. The summed E-state index contributed by atoms with van der Waals surface area (Å²) >= 11 is 0. The average molecular weight is 326 g/mol. The Kier molecular flexibility index (Phi) is 4.41. The molecule has 2 N–H and O–H groups in total. The molecule has 0 radical (unpaired) electrons. The summed E-state index contributed by atoms with van der Waals surface area (Å²) in [5, 5.41) is 9.36. The predicted octanol–water partition coefficient (Wildman–Crippen LogP) is 0.549. The van der Waals surface area contributed by atoms with Gasteiger partial charge in [0.15, 0.2) is 5.69 Å². The molecule has 1 heterocycles. The zero-order chi connectivity index (χ0) is 17.1. The van der Waals surface area contributed by atoms with Crippen LogP contribution in [0, 0.1) is 6.92 Å². The van der Waals surface area contributed by atoms with E-state index < -0.39 is 11.3 Å². The standard InChI is InChI=1S/C17H18N4O3/c1-11-9-14(22)16(20-21(11)13-5-3-2-4-6-13)17(24)18-10-15(23)19-12-7-8-12/h2-6,9,12H,7-8,10H2,1H3,(H,18,24)(H,19,23). The minimum Gasteiger partial charge on any atom is -0.352 e. The van der Waals surface area contributed by atoms with Crippen molar-refractivity contribution in [2.45, 2.75) is 25.8 Å². The maximum absolute atomic E-state index is 12.2. The molecule has 7 nitrogen and oxygen atoms in total. The predicted molar refractivity (Wildman–Crippen MR) is 88.1 cm³/mol. The van der Waals surface area contributed by atoms with Gasteiger partial charge in [0, 0.05) is 17.8 Å². The SMILES string of the molecule is Cc1cc(=O)c(C(=O)NCC(=O)NC2CC2)nn1-c1ccccc1. The maximum atomic E-state index is 12.2. The Balaban J connectivity index is 1.78. The minimum absolute atomic E-state index is 0.171. The minimum atomic E-state index is -0.657. The van der Waals surface area contributed by atoms with E-state index in [4.69, 9.17) is 0 Å². The Hall–Kier alpha value is -2.96. The van der Waals surface area contributed by atoms with Gasteiger partial charge in [-0.15, -0.1) is 0 Å². The monoisotopic (exact) mass is 326 g/mol. The number of hydrogen-bond acceptors (Lipinski definition) is 4. The van der Waals surface area contributed by atoms with Gasteiger partial charge in [-0.3, -0.25) is 14.4 Å². The van der Waals surface area contributed by atoms with E-state index in [1.54, 1.807) is 6.92 Å². The summed E-state index contributed by atoms with van der Waals surface area (Å²) in [7, 11) is 0. The smallest absolute Gasteiger partial charge is 0.276 e. The van der Waals surface area contributed by atoms with Crippen molar-refractivity contribution in [3.63, 3.8) is 0 Å². The van der Waals surface area contributed by atoms with Gasteiger partial charge in [0.1, 0.15) is 0 Å². The van der Waals surface area contributed by atoms with Crippen molar-refractivity contribution >= 4 is 11.8 Å². The van der Waals surface area contributed by atoms with Crippen LogP contribution in [-0.4, -0.2) is 34.2 Å². The Morgan fingerprint density at radius 1 is 1.25 bits per heavy atom. The summed E-state index contributed by atoms with van der Waals surface area (Å²) < 4.78 is 1.53. The number of benzene rings is 1. The number of para-hydroxylation sites is 1. The van der Waals surface area contributed by atoms with Crippen molar-refractivity contribution in [1.29, 1.82) is 0 Å². The lowest BCUT2D eigenvalue weighted by molar-refractivity contribution is -0.120. The van der Waals surface area contributed by atoms with Crippen LogP contribution in [0.15, 0.2) is 41.2 Å².